The number of hydrogen-bond acceptors (Lipinski definition) is 7. The molecule has 0 heterocycles. The summed E-state index contributed by atoms with van der Waals surface area (Å²) in [6.07, 6.45) is 53.8. The van der Waals surface area contributed by atoms with Crippen molar-refractivity contribution in [3.63, 3.8) is 0 Å². The molecule has 0 rings (SSSR count). The third-order valence-electron chi connectivity index (χ3n) is 11.0. The molecule has 0 aromatic rings. The van der Waals surface area contributed by atoms with Crippen LogP contribution in [-0.4, -0.2) is 75.5 Å². The molecule has 0 aliphatic carbocycles. The first-order valence-electron chi connectivity index (χ1n) is 24.9. The zero-order valence-electron chi connectivity index (χ0n) is 40.1. The molecule has 0 spiro atoms. The van der Waals surface area contributed by atoms with Crippen LogP contribution in [0.2, 0.25) is 0 Å². The Labute approximate surface area is 375 Å². The van der Waals surface area contributed by atoms with E-state index in [9.17, 15) is 19.5 Å². The number of carbonyl (C=O) groups is 3. The molecule has 0 radical (unpaired) electrons. The highest BCUT2D eigenvalue weighted by molar-refractivity contribution is 5.70. The van der Waals surface area contributed by atoms with E-state index < -0.39 is 18.1 Å². The van der Waals surface area contributed by atoms with Gasteiger partial charge in [-0.25, -0.2) is 0 Å². The first kappa shape index (κ1) is 58.0. The minimum absolute atomic E-state index is 0.0297. The van der Waals surface area contributed by atoms with Crippen molar-refractivity contribution in [3.8, 4) is 0 Å². The normalized spacial score (nSPS) is 13.4. The number of rotatable bonds is 44. The second-order valence-electron chi connectivity index (χ2n) is 17.8. The Morgan fingerprint density at radius 1 is 0.492 bits per heavy atom. The van der Waals surface area contributed by atoms with E-state index in [0.717, 1.165) is 64.2 Å². The first-order chi connectivity index (χ1) is 29.6. The van der Waals surface area contributed by atoms with Gasteiger partial charge in [0.15, 0.2) is 6.10 Å². The summed E-state index contributed by atoms with van der Waals surface area (Å²) in [6, 6.07) is -0.732. The minimum Gasteiger partial charge on any atom is -0.544 e. The predicted octanol–water partition coefficient (Wildman–Crippen LogP) is 12.8. The van der Waals surface area contributed by atoms with Gasteiger partial charge < -0.3 is 28.6 Å². The van der Waals surface area contributed by atoms with Crippen LogP contribution in [-0.2, 0) is 28.6 Å². The maximum atomic E-state index is 12.8. The number of ether oxygens (including phenoxy) is 3. The molecule has 61 heavy (non-hydrogen) atoms. The number of hydrogen-bond donors (Lipinski definition) is 0. The van der Waals surface area contributed by atoms with E-state index in [0.29, 0.717) is 12.8 Å². The number of quaternary nitrogens is 1. The molecule has 352 valence electrons. The molecule has 0 aromatic heterocycles. The standard InChI is InChI=1S/C53H93NO7/c1-6-8-10-12-14-16-18-20-22-24-26-28-29-31-33-35-37-39-41-43-51(55)60-48-49(47-59-46-45-50(53(57)58)54(3,4)5)61-52(56)44-42-40-38-36-34-32-30-27-25-23-21-19-17-15-13-11-9-7-2/h14,16,18-21,23,25,27,30,49-50H,6-13,15,17,22,24,26,28-29,31-48H2,1-5H3/b16-14+,20-18+,21-19+,25-23+,30-27+. The highest BCUT2D eigenvalue weighted by atomic mass is 16.6. The van der Waals surface area contributed by atoms with Gasteiger partial charge in [0.1, 0.15) is 12.6 Å². The summed E-state index contributed by atoms with van der Waals surface area (Å²) in [7, 11) is 5.40. The van der Waals surface area contributed by atoms with E-state index in [-0.39, 0.29) is 42.7 Å². The average molecular weight is 856 g/mol. The highest BCUT2D eigenvalue weighted by Gasteiger charge is 2.25. The summed E-state index contributed by atoms with van der Waals surface area (Å²) in [5.74, 6) is -1.76. The molecule has 2 atom stereocenters. The second kappa shape index (κ2) is 43.7. The number of allylic oxidation sites excluding steroid dienone is 10. The van der Waals surface area contributed by atoms with Gasteiger partial charge in [0.2, 0.25) is 0 Å². The molecule has 2 unspecified atom stereocenters. The molecular formula is C53H93NO7. The van der Waals surface area contributed by atoms with Crippen LogP contribution in [0.15, 0.2) is 60.8 Å². The van der Waals surface area contributed by atoms with Gasteiger partial charge in [0.05, 0.1) is 40.3 Å². The molecule has 0 bridgehead atoms. The minimum atomic E-state index is -1.13. The van der Waals surface area contributed by atoms with E-state index in [1.807, 2.05) is 0 Å². The lowest BCUT2D eigenvalue weighted by Gasteiger charge is -2.34. The van der Waals surface area contributed by atoms with Crippen LogP contribution in [0.1, 0.15) is 206 Å². The number of carbonyl (C=O) groups excluding carboxylic acids is 3. The van der Waals surface area contributed by atoms with E-state index in [4.69, 9.17) is 14.2 Å². The lowest BCUT2D eigenvalue weighted by molar-refractivity contribution is -0.889. The number of unbranched alkanes of at least 4 members (excludes halogenated alkanes) is 23. The van der Waals surface area contributed by atoms with Gasteiger partial charge >= 0.3 is 11.9 Å². The monoisotopic (exact) mass is 856 g/mol. The maximum Gasteiger partial charge on any atom is 0.306 e. The number of nitrogens with zero attached hydrogens (tertiary/aromatic N) is 1. The summed E-state index contributed by atoms with van der Waals surface area (Å²) < 4.78 is 17.2. The predicted molar refractivity (Wildman–Crippen MR) is 254 cm³/mol. The number of carboxylic acid groups (broad SMARTS) is 1. The Balaban J connectivity index is 4.32. The average Bonchev–Trinajstić information content (AvgIpc) is 3.22. The number of esters is 2. The summed E-state index contributed by atoms with van der Waals surface area (Å²) in [4.78, 5) is 37.0. The third-order valence-corrected chi connectivity index (χ3v) is 11.0. The van der Waals surface area contributed by atoms with Gasteiger partial charge in [0.25, 0.3) is 0 Å². The molecular weight excluding hydrogens is 763 g/mol. The highest BCUT2D eigenvalue weighted by Crippen LogP contribution is 2.14. The van der Waals surface area contributed by atoms with E-state index in [1.54, 1.807) is 21.1 Å². The molecule has 0 saturated heterocycles. The lowest BCUT2D eigenvalue weighted by Crippen LogP contribution is -2.55. The lowest BCUT2D eigenvalue weighted by atomic mass is 10.1. The van der Waals surface area contributed by atoms with Crippen molar-refractivity contribution in [3.05, 3.63) is 60.8 Å². The quantitative estimate of drug-likeness (QED) is 0.0260. The fourth-order valence-electron chi connectivity index (χ4n) is 7.06. The first-order valence-corrected chi connectivity index (χ1v) is 24.9. The molecule has 8 nitrogen and oxygen atoms in total. The Morgan fingerprint density at radius 3 is 1.31 bits per heavy atom. The molecule has 0 fully saturated rings. The van der Waals surface area contributed by atoms with Crippen LogP contribution in [0, 0.1) is 0 Å². The van der Waals surface area contributed by atoms with Crippen molar-refractivity contribution >= 4 is 17.9 Å². The molecule has 0 aliphatic rings. The molecule has 8 heteroatoms. The molecule has 0 amide bonds. The molecule has 0 N–H and O–H groups in total. The zero-order chi connectivity index (χ0) is 44.9. The Hall–Kier alpha value is -2.97. The fourth-order valence-corrected chi connectivity index (χ4v) is 7.06. The van der Waals surface area contributed by atoms with Crippen LogP contribution in [0.4, 0.5) is 0 Å². The molecule has 0 saturated carbocycles. The Morgan fingerprint density at radius 2 is 0.869 bits per heavy atom. The third kappa shape index (κ3) is 42.1. The Bertz CT molecular complexity index is 1180. The van der Waals surface area contributed by atoms with E-state index >= 15 is 0 Å². The van der Waals surface area contributed by atoms with Crippen molar-refractivity contribution in [2.24, 2.45) is 0 Å². The maximum absolute atomic E-state index is 12.8. The van der Waals surface area contributed by atoms with Crippen LogP contribution in [0.25, 0.3) is 0 Å². The van der Waals surface area contributed by atoms with E-state index in [1.165, 1.54) is 109 Å². The van der Waals surface area contributed by atoms with Crippen LogP contribution in [0.3, 0.4) is 0 Å². The summed E-state index contributed by atoms with van der Waals surface area (Å²) in [5.41, 5.74) is 0. The topological polar surface area (TPSA) is 102 Å². The summed E-state index contributed by atoms with van der Waals surface area (Å²) in [5, 5.41) is 11.7. The second-order valence-corrected chi connectivity index (χ2v) is 17.8. The number of carboxylic acids is 1. The van der Waals surface area contributed by atoms with Crippen LogP contribution in [0.5, 0.6) is 0 Å². The van der Waals surface area contributed by atoms with Gasteiger partial charge in [0, 0.05) is 19.3 Å². The van der Waals surface area contributed by atoms with Crippen molar-refractivity contribution in [1.82, 2.24) is 0 Å². The number of aliphatic carboxylic acids is 1. The van der Waals surface area contributed by atoms with Gasteiger partial charge in [-0.1, -0.05) is 184 Å². The molecule has 0 aromatic carbocycles. The van der Waals surface area contributed by atoms with Gasteiger partial charge in [-0.2, -0.15) is 0 Å². The Kier molecular flexibility index (Phi) is 41.5. The van der Waals surface area contributed by atoms with Gasteiger partial charge in [-0.05, 0) is 64.2 Å². The SMILES string of the molecule is CCCCC/C=C/C=C/CCCCCCCCCCCCC(=O)OCC(COCCC(C(=O)[O-])[N+](C)(C)C)OC(=O)CCCCCCC/C=C/C=C/C=C/CCCCCCC. The van der Waals surface area contributed by atoms with Crippen molar-refractivity contribution in [2.45, 2.75) is 219 Å². The fraction of sp³-hybridized carbons (Fsp3) is 0.755. The summed E-state index contributed by atoms with van der Waals surface area (Å²) in [6.45, 7) is 4.60. The van der Waals surface area contributed by atoms with Gasteiger partial charge in [-0.3, -0.25) is 9.59 Å². The van der Waals surface area contributed by atoms with Crippen LogP contribution >= 0.6 is 0 Å². The smallest absolute Gasteiger partial charge is 0.306 e. The molecule has 0 aliphatic heterocycles. The van der Waals surface area contributed by atoms with Crippen molar-refractivity contribution in [1.29, 1.82) is 0 Å². The largest absolute Gasteiger partial charge is 0.544 e. The van der Waals surface area contributed by atoms with Crippen molar-refractivity contribution < 1.29 is 38.2 Å². The van der Waals surface area contributed by atoms with Crippen molar-refractivity contribution in [2.75, 3.05) is 41.0 Å². The van der Waals surface area contributed by atoms with Crippen LogP contribution < -0.4 is 5.11 Å². The number of likely N-dealkylation sites (N-methyl/N-ethyl adjacent to an activating group) is 1. The van der Waals surface area contributed by atoms with Gasteiger partial charge in [-0.15, -0.1) is 0 Å². The zero-order valence-corrected chi connectivity index (χ0v) is 40.1. The van der Waals surface area contributed by atoms with E-state index in [2.05, 4.69) is 74.6 Å². The summed E-state index contributed by atoms with van der Waals surface area (Å²) >= 11 is 0.